The molecule has 2 heterocycles. The molecule has 0 bridgehead atoms. The number of aromatic nitrogens is 3. The molecular weight excluding hydrogens is 334 g/mol. The van der Waals surface area contributed by atoms with Gasteiger partial charge in [-0.25, -0.2) is 13.8 Å². The lowest BCUT2D eigenvalue weighted by atomic mass is 9.87. The summed E-state index contributed by atoms with van der Waals surface area (Å²) in [6, 6.07) is 0. The van der Waals surface area contributed by atoms with E-state index in [4.69, 9.17) is 0 Å². The van der Waals surface area contributed by atoms with E-state index in [2.05, 4.69) is 15.4 Å². The topological polar surface area (TPSA) is 59.8 Å². The van der Waals surface area contributed by atoms with E-state index in [-0.39, 0.29) is 18.0 Å². The Kier molecular flexibility index (Phi) is 5.23. The fraction of sp³-hybridized carbons (Fsp3) is 0.562. The Morgan fingerprint density at radius 1 is 1.42 bits per heavy atom. The predicted octanol–water partition coefficient (Wildman–Crippen LogP) is 4.04. The molecule has 0 unspecified atom stereocenters. The van der Waals surface area contributed by atoms with E-state index in [9.17, 15) is 13.6 Å². The van der Waals surface area contributed by atoms with Gasteiger partial charge in [-0.05, 0) is 12.8 Å². The second kappa shape index (κ2) is 7.38. The van der Waals surface area contributed by atoms with Gasteiger partial charge in [0.05, 0.1) is 17.8 Å². The van der Waals surface area contributed by atoms with Crippen LogP contribution >= 0.6 is 11.3 Å². The van der Waals surface area contributed by atoms with Crippen LogP contribution in [-0.2, 0) is 18.3 Å². The number of hydrogen-bond donors (Lipinski definition) is 1. The van der Waals surface area contributed by atoms with Crippen LogP contribution in [0.2, 0.25) is 0 Å². The van der Waals surface area contributed by atoms with Crippen molar-refractivity contribution in [2.45, 2.75) is 50.9 Å². The molecule has 1 saturated carbocycles. The molecule has 1 amide bonds. The Morgan fingerprint density at radius 2 is 2.17 bits per heavy atom. The number of thiazole rings is 1. The zero-order valence-corrected chi connectivity index (χ0v) is 14.3. The van der Waals surface area contributed by atoms with Crippen molar-refractivity contribution >= 4 is 22.9 Å². The second-order valence-electron chi connectivity index (χ2n) is 6.13. The Bertz CT molecular complexity index is 707. The average Bonchev–Trinajstić information content (AvgIpc) is 3.15. The molecule has 0 aromatic carbocycles. The van der Waals surface area contributed by atoms with Gasteiger partial charge in [-0.1, -0.05) is 19.3 Å². The number of nitrogens with zero attached hydrogens (tertiary/aromatic N) is 3. The van der Waals surface area contributed by atoms with Crippen molar-refractivity contribution in [2.75, 3.05) is 5.32 Å². The van der Waals surface area contributed by atoms with E-state index in [1.54, 1.807) is 7.05 Å². The van der Waals surface area contributed by atoms with Crippen LogP contribution in [0.15, 0.2) is 11.6 Å². The van der Waals surface area contributed by atoms with Crippen molar-refractivity contribution in [3.63, 3.8) is 0 Å². The summed E-state index contributed by atoms with van der Waals surface area (Å²) in [5, 5.41) is 8.93. The van der Waals surface area contributed by atoms with Gasteiger partial charge in [0.2, 0.25) is 5.91 Å². The number of halogens is 2. The van der Waals surface area contributed by atoms with Crippen molar-refractivity contribution < 1.29 is 13.6 Å². The molecule has 0 radical (unpaired) electrons. The van der Waals surface area contributed by atoms with Crippen LogP contribution < -0.4 is 5.32 Å². The molecule has 0 spiro atoms. The molecule has 8 heteroatoms. The molecule has 24 heavy (non-hydrogen) atoms. The van der Waals surface area contributed by atoms with Gasteiger partial charge in [0.1, 0.15) is 5.01 Å². The lowest BCUT2D eigenvalue weighted by Gasteiger charge is -2.19. The number of rotatable bonds is 5. The second-order valence-corrected chi connectivity index (χ2v) is 7.07. The van der Waals surface area contributed by atoms with Gasteiger partial charge >= 0.3 is 0 Å². The van der Waals surface area contributed by atoms with Gasteiger partial charge in [-0.15, -0.1) is 11.3 Å². The lowest BCUT2D eigenvalue weighted by Crippen LogP contribution is -2.15. The summed E-state index contributed by atoms with van der Waals surface area (Å²) < 4.78 is 27.0. The van der Waals surface area contributed by atoms with Crippen LogP contribution in [0.1, 0.15) is 60.8 Å². The first-order valence-electron chi connectivity index (χ1n) is 8.08. The Balaban J connectivity index is 1.62. The molecule has 1 aliphatic carbocycles. The highest BCUT2D eigenvalue weighted by molar-refractivity contribution is 7.09. The maximum Gasteiger partial charge on any atom is 0.284 e. The van der Waals surface area contributed by atoms with Crippen molar-refractivity contribution in [1.29, 1.82) is 0 Å². The number of aryl methyl sites for hydroxylation is 1. The van der Waals surface area contributed by atoms with E-state index in [0.29, 0.717) is 5.92 Å². The van der Waals surface area contributed by atoms with E-state index in [0.717, 1.165) is 23.5 Å². The molecule has 1 aliphatic rings. The van der Waals surface area contributed by atoms with Crippen LogP contribution in [0, 0.1) is 0 Å². The summed E-state index contributed by atoms with van der Waals surface area (Å²) >= 11 is 1.46. The monoisotopic (exact) mass is 354 g/mol. The average molecular weight is 354 g/mol. The highest BCUT2D eigenvalue weighted by atomic mass is 32.1. The molecule has 5 nitrogen and oxygen atoms in total. The zero-order chi connectivity index (χ0) is 17.1. The third-order valence-corrected chi connectivity index (χ3v) is 5.11. The smallest absolute Gasteiger partial charge is 0.284 e. The summed E-state index contributed by atoms with van der Waals surface area (Å²) in [5.74, 6) is 0.144. The fourth-order valence-electron chi connectivity index (χ4n) is 3.09. The largest absolute Gasteiger partial charge is 0.323 e. The van der Waals surface area contributed by atoms with Crippen molar-refractivity contribution in [3.05, 3.63) is 28.0 Å². The SMILES string of the molecule is Cn1cc(NC(=O)Cc2nc(C3CCCCC3)cs2)c(C(F)F)n1. The molecule has 0 saturated heterocycles. The molecule has 0 aliphatic heterocycles. The minimum atomic E-state index is -2.72. The number of amides is 1. The summed E-state index contributed by atoms with van der Waals surface area (Å²) in [6.45, 7) is 0. The third-order valence-electron chi connectivity index (χ3n) is 4.24. The van der Waals surface area contributed by atoms with Crippen LogP contribution in [0.5, 0.6) is 0 Å². The number of carbonyl (C=O) groups excluding carboxylic acids is 1. The number of hydrogen-bond acceptors (Lipinski definition) is 4. The minimum Gasteiger partial charge on any atom is -0.323 e. The minimum absolute atomic E-state index is 0.0570. The summed E-state index contributed by atoms with van der Waals surface area (Å²) in [6.07, 6.45) is 4.81. The van der Waals surface area contributed by atoms with Crippen LogP contribution in [0.4, 0.5) is 14.5 Å². The van der Waals surface area contributed by atoms with E-state index in [1.807, 2.05) is 5.38 Å². The number of nitrogens with one attached hydrogen (secondary N) is 1. The van der Waals surface area contributed by atoms with E-state index in [1.165, 1.54) is 41.5 Å². The van der Waals surface area contributed by atoms with Gasteiger partial charge in [0, 0.05) is 24.5 Å². The zero-order valence-electron chi connectivity index (χ0n) is 13.5. The lowest BCUT2D eigenvalue weighted by molar-refractivity contribution is -0.115. The van der Waals surface area contributed by atoms with Gasteiger partial charge < -0.3 is 5.32 Å². The third kappa shape index (κ3) is 3.98. The first kappa shape index (κ1) is 17.0. The van der Waals surface area contributed by atoms with Gasteiger partial charge in [-0.3, -0.25) is 9.48 Å². The highest BCUT2D eigenvalue weighted by Crippen LogP contribution is 2.33. The van der Waals surface area contributed by atoms with Gasteiger partial charge in [0.15, 0.2) is 5.69 Å². The van der Waals surface area contributed by atoms with E-state index >= 15 is 0 Å². The molecule has 2 aromatic heterocycles. The van der Waals surface area contributed by atoms with Gasteiger partial charge in [-0.2, -0.15) is 5.10 Å². The normalized spacial score (nSPS) is 15.8. The molecule has 2 aromatic rings. The summed E-state index contributed by atoms with van der Waals surface area (Å²) in [4.78, 5) is 16.7. The van der Waals surface area contributed by atoms with Gasteiger partial charge in [0.25, 0.3) is 6.43 Å². The van der Waals surface area contributed by atoms with Crippen molar-refractivity contribution in [2.24, 2.45) is 7.05 Å². The first-order chi connectivity index (χ1) is 11.5. The van der Waals surface area contributed by atoms with Crippen molar-refractivity contribution in [1.82, 2.24) is 14.8 Å². The fourth-order valence-corrected chi connectivity index (χ4v) is 3.96. The highest BCUT2D eigenvalue weighted by Gasteiger charge is 2.21. The molecular formula is C16H20F2N4OS. The molecule has 130 valence electrons. The quantitative estimate of drug-likeness (QED) is 0.881. The van der Waals surface area contributed by atoms with E-state index < -0.39 is 12.1 Å². The maximum atomic E-state index is 12.9. The number of carbonyl (C=O) groups is 1. The van der Waals surface area contributed by atoms with Crippen molar-refractivity contribution in [3.8, 4) is 0 Å². The molecule has 1 fully saturated rings. The standard InChI is InChI=1S/C16H20F2N4OS/c1-22-8-11(15(21-22)16(17)18)19-13(23)7-14-20-12(9-24-14)10-5-3-2-4-6-10/h8-10,16H,2-7H2,1H3,(H,19,23). The Morgan fingerprint density at radius 3 is 2.88 bits per heavy atom. The van der Waals surface area contributed by atoms with Crippen LogP contribution in [0.25, 0.3) is 0 Å². The number of alkyl halides is 2. The van der Waals surface area contributed by atoms with Crippen LogP contribution in [-0.4, -0.2) is 20.7 Å². The summed E-state index contributed by atoms with van der Waals surface area (Å²) in [7, 11) is 1.54. The molecule has 0 atom stereocenters. The maximum absolute atomic E-state index is 12.9. The predicted molar refractivity (Wildman–Crippen MR) is 88.4 cm³/mol. The molecule has 1 N–H and O–H groups in total. The Labute approximate surface area is 143 Å². The first-order valence-corrected chi connectivity index (χ1v) is 8.96. The summed E-state index contributed by atoms with van der Waals surface area (Å²) in [5.41, 5.74) is 0.714. The van der Waals surface area contributed by atoms with Crippen LogP contribution in [0.3, 0.4) is 0 Å². The Hall–Kier alpha value is -1.83. The number of anilines is 1. The molecule has 3 rings (SSSR count).